The third-order valence-electron chi connectivity index (χ3n) is 1.34. The fourth-order valence-electron chi connectivity index (χ4n) is 0.679. The van der Waals surface area contributed by atoms with Crippen LogP contribution in [0.3, 0.4) is 0 Å². The second kappa shape index (κ2) is 2.52. The summed E-state index contributed by atoms with van der Waals surface area (Å²) in [6, 6.07) is 0. The molecule has 1 rings (SSSR count). The molecular weight excluding hydrogens is 179 g/mol. The van der Waals surface area contributed by atoms with Gasteiger partial charge in [0.2, 0.25) is 0 Å². The number of dihydropyridines is 1. The summed E-state index contributed by atoms with van der Waals surface area (Å²) in [6.07, 6.45) is -1.03. The molecule has 0 fully saturated rings. The minimum Gasteiger partial charge on any atom is -0.291 e. The lowest BCUT2D eigenvalue weighted by Crippen LogP contribution is -2.41. The van der Waals surface area contributed by atoms with Crippen molar-refractivity contribution in [2.75, 3.05) is 6.54 Å². The number of rotatable bonds is 0. The summed E-state index contributed by atoms with van der Waals surface area (Å²) < 4.78 is 36.2. The number of aliphatic imine (C=N–C) groups is 1. The molecule has 1 atom stereocenters. The first kappa shape index (κ1) is 8.59. The third kappa shape index (κ3) is 1.56. The minimum absolute atomic E-state index is 0.436. The van der Waals surface area contributed by atoms with Crippen LogP contribution in [0.25, 0.3) is 0 Å². The van der Waals surface area contributed by atoms with Gasteiger partial charge < -0.3 is 0 Å². The van der Waals surface area contributed by atoms with E-state index < -0.39 is 17.6 Å². The molecule has 0 aromatic rings. The second-order valence-corrected chi connectivity index (χ2v) is 2.88. The van der Waals surface area contributed by atoms with Crippen LogP contribution in [-0.2, 0) is 0 Å². The molecule has 5 heteroatoms. The molecule has 0 aromatic heterocycles. The topological polar surface area (TPSA) is 12.4 Å². The summed E-state index contributed by atoms with van der Waals surface area (Å²) in [5, 5.41) is 0. The summed E-state index contributed by atoms with van der Waals surface area (Å²) in [5.41, 5.74) is 0. The van der Waals surface area contributed by atoms with Crippen molar-refractivity contribution in [1.82, 2.24) is 0 Å². The minimum atomic E-state index is -4.43. The van der Waals surface area contributed by atoms with Crippen LogP contribution < -0.4 is 0 Å². The van der Waals surface area contributed by atoms with Crippen LogP contribution in [0.15, 0.2) is 17.1 Å². The lowest BCUT2D eigenvalue weighted by Gasteiger charge is -2.25. The van der Waals surface area contributed by atoms with Crippen LogP contribution in [0.1, 0.15) is 0 Å². The highest BCUT2D eigenvalue weighted by Crippen LogP contribution is 2.38. The van der Waals surface area contributed by atoms with E-state index in [2.05, 4.69) is 4.99 Å². The molecule has 0 spiro atoms. The number of hydrogen-bond donors (Lipinski definition) is 0. The zero-order valence-electron chi connectivity index (χ0n) is 5.40. The van der Waals surface area contributed by atoms with E-state index in [-0.39, 0.29) is 0 Å². The van der Waals surface area contributed by atoms with Crippen molar-refractivity contribution in [3.63, 3.8) is 0 Å². The maximum atomic E-state index is 12.1. The lowest BCUT2D eigenvalue weighted by molar-refractivity contribution is -0.147. The van der Waals surface area contributed by atoms with Crippen molar-refractivity contribution in [1.29, 1.82) is 0 Å². The first-order chi connectivity index (χ1) is 4.96. The Balaban J connectivity index is 2.84. The van der Waals surface area contributed by atoms with Gasteiger partial charge in [0.1, 0.15) is 0 Å². The number of halogens is 4. The van der Waals surface area contributed by atoms with E-state index in [0.717, 1.165) is 6.08 Å². The average molecular weight is 184 g/mol. The molecule has 0 bridgehead atoms. The summed E-state index contributed by atoms with van der Waals surface area (Å²) in [7, 11) is 0. The predicted octanol–water partition coefficient (Wildman–Crippen LogP) is 2.17. The number of alkyl halides is 4. The van der Waals surface area contributed by atoms with Crippen molar-refractivity contribution in [3.8, 4) is 0 Å². The summed E-state index contributed by atoms with van der Waals surface area (Å²) in [5.74, 6) is 0. The van der Waals surface area contributed by atoms with E-state index in [1.54, 1.807) is 0 Å². The Morgan fingerprint density at radius 3 is 2.36 bits per heavy atom. The van der Waals surface area contributed by atoms with Crippen molar-refractivity contribution < 1.29 is 13.2 Å². The molecule has 1 heterocycles. The SMILES string of the molecule is FC(F)(F)C1(Cl)C=CC=NC1. The van der Waals surface area contributed by atoms with Crippen molar-refractivity contribution in [2.45, 2.75) is 11.1 Å². The molecule has 0 N–H and O–H groups in total. The van der Waals surface area contributed by atoms with Gasteiger partial charge in [-0.2, -0.15) is 13.2 Å². The normalized spacial score (nSPS) is 30.9. The third-order valence-corrected chi connectivity index (χ3v) is 1.80. The average Bonchev–Trinajstić information content (AvgIpc) is 1.87. The monoisotopic (exact) mass is 183 g/mol. The number of hydrogen-bond acceptors (Lipinski definition) is 1. The standard InChI is InChI=1S/C6H5ClF3N/c7-5(6(8,9)10)2-1-3-11-4-5/h1-3H,4H2. The van der Waals surface area contributed by atoms with E-state index >= 15 is 0 Å². The molecule has 0 saturated heterocycles. The van der Waals surface area contributed by atoms with E-state index in [1.165, 1.54) is 12.3 Å². The van der Waals surface area contributed by atoms with Gasteiger partial charge in [-0.15, -0.1) is 11.6 Å². The molecule has 1 aliphatic heterocycles. The Morgan fingerprint density at radius 1 is 1.45 bits per heavy atom. The van der Waals surface area contributed by atoms with E-state index in [0.29, 0.717) is 0 Å². The van der Waals surface area contributed by atoms with Gasteiger partial charge >= 0.3 is 6.18 Å². The van der Waals surface area contributed by atoms with Gasteiger partial charge in [0.15, 0.2) is 4.87 Å². The van der Waals surface area contributed by atoms with Crippen molar-refractivity contribution >= 4 is 17.8 Å². The summed E-state index contributed by atoms with van der Waals surface area (Å²) in [6.45, 7) is -0.436. The summed E-state index contributed by atoms with van der Waals surface area (Å²) in [4.78, 5) is 1.14. The van der Waals surface area contributed by atoms with Crippen LogP contribution >= 0.6 is 11.6 Å². The van der Waals surface area contributed by atoms with Crippen molar-refractivity contribution in [3.05, 3.63) is 12.2 Å². The second-order valence-electron chi connectivity index (χ2n) is 2.21. The zero-order valence-corrected chi connectivity index (χ0v) is 6.15. The van der Waals surface area contributed by atoms with Crippen LogP contribution in [0.4, 0.5) is 13.2 Å². The molecule has 0 saturated carbocycles. The molecule has 1 nitrogen and oxygen atoms in total. The highest BCUT2D eigenvalue weighted by molar-refractivity contribution is 6.26. The van der Waals surface area contributed by atoms with Crippen molar-refractivity contribution in [2.24, 2.45) is 4.99 Å². The molecule has 1 aliphatic rings. The Bertz CT molecular complexity index is 208. The molecule has 0 radical (unpaired) electrons. The van der Waals surface area contributed by atoms with Crippen LogP contribution in [0.5, 0.6) is 0 Å². The Morgan fingerprint density at radius 2 is 2.09 bits per heavy atom. The van der Waals surface area contributed by atoms with E-state index in [1.807, 2.05) is 0 Å². The molecule has 0 amide bonds. The highest BCUT2D eigenvalue weighted by Gasteiger charge is 2.52. The fraction of sp³-hybridized carbons (Fsp3) is 0.500. The molecule has 11 heavy (non-hydrogen) atoms. The largest absolute Gasteiger partial charge is 0.412 e. The zero-order chi connectivity index (χ0) is 8.54. The molecule has 62 valence electrons. The van der Waals surface area contributed by atoms with E-state index in [9.17, 15) is 13.2 Å². The molecular formula is C6H5ClF3N. The quantitative estimate of drug-likeness (QED) is 0.511. The molecule has 1 unspecified atom stereocenters. The van der Waals surface area contributed by atoms with E-state index in [4.69, 9.17) is 11.6 Å². The van der Waals surface area contributed by atoms with Crippen LogP contribution in [0.2, 0.25) is 0 Å². The van der Waals surface area contributed by atoms with Gasteiger partial charge in [-0.05, 0) is 6.08 Å². The van der Waals surface area contributed by atoms with Crippen LogP contribution in [0, 0.1) is 0 Å². The van der Waals surface area contributed by atoms with Gasteiger partial charge in [-0.1, -0.05) is 6.08 Å². The maximum absolute atomic E-state index is 12.1. The summed E-state index contributed by atoms with van der Waals surface area (Å²) >= 11 is 5.23. The smallest absolute Gasteiger partial charge is 0.291 e. The Labute approximate surface area is 66.6 Å². The van der Waals surface area contributed by atoms with Gasteiger partial charge in [0.25, 0.3) is 0 Å². The predicted molar refractivity (Wildman–Crippen MR) is 37.1 cm³/mol. The number of allylic oxidation sites excluding steroid dienone is 1. The number of nitrogens with zero attached hydrogens (tertiary/aromatic N) is 1. The van der Waals surface area contributed by atoms with Gasteiger partial charge in [0.05, 0.1) is 6.54 Å². The van der Waals surface area contributed by atoms with Gasteiger partial charge in [-0.3, -0.25) is 4.99 Å². The highest BCUT2D eigenvalue weighted by atomic mass is 35.5. The first-order valence-corrected chi connectivity index (χ1v) is 3.27. The van der Waals surface area contributed by atoms with Gasteiger partial charge in [0, 0.05) is 6.21 Å². The molecule has 0 aliphatic carbocycles. The first-order valence-electron chi connectivity index (χ1n) is 2.89. The Hall–Kier alpha value is -0.510. The van der Waals surface area contributed by atoms with Crippen LogP contribution in [-0.4, -0.2) is 23.8 Å². The Kier molecular flexibility index (Phi) is 1.96. The maximum Gasteiger partial charge on any atom is 0.412 e. The lowest BCUT2D eigenvalue weighted by atomic mass is 10.1. The fourth-order valence-corrected chi connectivity index (χ4v) is 0.821. The molecule has 0 aromatic carbocycles. The van der Waals surface area contributed by atoms with Gasteiger partial charge in [-0.25, -0.2) is 0 Å².